The molecule has 2 aromatic rings. The lowest BCUT2D eigenvalue weighted by Gasteiger charge is -2.33. The number of ether oxygens (including phenoxy) is 3. The number of hydrogen-bond donors (Lipinski definition) is 1. The predicted octanol–water partition coefficient (Wildman–Crippen LogP) is 4.96. The molecule has 1 aliphatic carbocycles. The number of fused-ring (bicyclic) bond motifs is 1. The van der Waals surface area contributed by atoms with Crippen LogP contribution in [0.2, 0.25) is 0 Å². The van der Waals surface area contributed by atoms with Crippen molar-refractivity contribution < 1.29 is 23.8 Å². The van der Waals surface area contributed by atoms with Crippen LogP contribution in [0.15, 0.2) is 18.2 Å². The van der Waals surface area contributed by atoms with Gasteiger partial charge in [-0.3, -0.25) is 4.79 Å². The van der Waals surface area contributed by atoms with Crippen LogP contribution in [0.25, 0.3) is 0 Å². The Labute approximate surface area is 181 Å². The first-order valence-electron chi connectivity index (χ1n) is 9.95. The zero-order valence-corrected chi connectivity index (χ0v) is 19.2. The van der Waals surface area contributed by atoms with E-state index in [-0.39, 0.29) is 11.3 Å². The summed E-state index contributed by atoms with van der Waals surface area (Å²) >= 11 is 1.47. The number of benzene rings is 1. The first-order valence-corrected chi connectivity index (χ1v) is 10.8. The van der Waals surface area contributed by atoms with Gasteiger partial charge in [0.25, 0.3) is 5.91 Å². The van der Waals surface area contributed by atoms with E-state index in [1.54, 1.807) is 18.2 Å². The quantitative estimate of drug-likeness (QED) is 0.678. The summed E-state index contributed by atoms with van der Waals surface area (Å²) in [6.07, 6.45) is 2.72. The lowest BCUT2D eigenvalue weighted by Crippen LogP contribution is -2.26. The summed E-state index contributed by atoms with van der Waals surface area (Å²) in [6, 6.07) is 4.98. The second-order valence-electron chi connectivity index (χ2n) is 8.56. The number of amides is 1. The van der Waals surface area contributed by atoms with Crippen molar-refractivity contribution in [3.63, 3.8) is 0 Å². The molecule has 1 N–H and O–H groups in total. The number of anilines is 1. The number of rotatable bonds is 5. The van der Waals surface area contributed by atoms with Crippen molar-refractivity contribution in [3.05, 3.63) is 39.8 Å². The zero-order valence-electron chi connectivity index (χ0n) is 18.4. The van der Waals surface area contributed by atoms with Crippen LogP contribution in [0.5, 0.6) is 11.5 Å². The third-order valence-corrected chi connectivity index (χ3v) is 6.89. The average Bonchev–Trinajstić information content (AvgIpc) is 3.08. The maximum absolute atomic E-state index is 13.0. The molecule has 6 nitrogen and oxygen atoms in total. The molecular weight excluding hydrogens is 402 g/mol. The van der Waals surface area contributed by atoms with Crippen molar-refractivity contribution in [1.82, 2.24) is 0 Å². The van der Waals surface area contributed by atoms with Gasteiger partial charge in [0.05, 0.1) is 26.9 Å². The summed E-state index contributed by atoms with van der Waals surface area (Å²) in [5.74, 6) is 0.821. The van der Waals surface area contributed by atoms with Crippen LogP contribution in [0.1, 0.15) is 58.3 Å². The van der Waals surface area contributed by atoms with Crippen molar-refractivity contribution >= 4 is 28.2 Å². The standard InChI is InChI=1S/C23H29NO5S/c1-23(2,3)14-7-8-17-18(11-14)30-21(19(17)22(26)29-6)24-20(25)13-9-15(27-4)12-16(10-13)28-5/h9-10,12,14H,7-8,11H2,1-6H3,(H,24,25). The summed E-state index contributed by atoms with van der Waals surface area (Å²) < 4.78 is 15.5. The Morgan fingerprint density at radius 3 is 2.23 bits per heavy atom. The summed E-state index contributed by atoms with van der Waals surface area (Å²) in [6.45, 7) is 6.74. The molecule has 0 radical (unpaired) electrons. The number of carbonyl (C=O) groups is 2. The first kappa shape index (κ1) is 22.2. The first-order chi connectivity index (χ1) is 14.2. The Morgan fingerprint density at radius 2 is 1.70 bits per heavy atom. The molecule has 0 spiro atoms. The van der Waals surface area contributed by atoms with E-state index in [4.69, 9.17) is 14.2 Å². The number of carbonyl (C=O) groups excluding carboxylic acids is 2. The van der Waals surface area contributed by atoms with Gasteiger partial charge in [0.1, 0.15) is 16.5 Å². The normalized spacial score (nSPS) is 15.9. The number of methoxy groups -OCH3 is 3. The lowest BCUT2D eigenvalue weighted by atomic mass is 9.72. The Bertz CT molecular complexity index is 935. The van der Waals surface area contributed by atoms with Gasteiger partial charge in [-0.1, -0.05) is 20.8 Å². The molecule has 0 fully saturated rings. The fraction of sp³-hybridized carbons (Fsp3) is 0.478. The highest BCUT2D eigenvalue weighted by Crippen LogP contribution is 2.44. The molecule has 1 atom stereocenters. The topological polar surface area (TPSA) is 73.9 Å². The molecular formula is C23H29NO5S. The molecule has 1 aromatic carbocycles. The Hall–Kier alpha value is -2.54. The van der Waals surface area contributed by atoms with Gasteiger partial charge in [0, 0.05) is 16.5 Å². The number of hydrogen-bond acceptors (Lipinski definition) is 6. The van der Waals surface area contributed by atoms with Crippen molar-refractivity contribution in [3.8, 4) is 11.5 Å². The molecule has 3 rings (SSSR count). The molecule has 30 heavy (non-hydrogen) atoms. The van der Waals surface area contributed by atoms with E-state index in [2.05, 4.69) is 26.1 Å². The van der Waals surface area contributed by atoms with E-state index >= 15 is 0 Å². The monoisotopic (exact) mass is 431 g/mol. The number of nitrogens with one attached hydrogen (secondary N) is 1. The van der Waals surface area contributed by atoms with Crippen LogP contribution in [0.3, 0.4) is 0 Å². The van der Waals surface area contributed by atoms with Gasteiger partial charge in [-0.15, -0.1) is 11.3 Å². The summed E-state index contributed by atoms with van der Waals surface area (Å²) in [4.78, 5) is 26.7. The van der Waals surface area contributed by atoms with E-state index in [0.29, 0.717) is 33.5 Å². The number of esters is 1. The lowest BCUT2D eigenvalue weighted by molar-refractivity contribution is 0.0600. The van der Waals surface area contributed by atoms with E-state index in [0.717, 1.165) is 29.7 Å². The Balaban J connectivity index is 1.95. The smallest absolute Gasteiger partial charge is 0.341 e. The fourth-order valence-corrected chi connectivity index (χ4v) is 5.16. The molecule has 0 bridgehead atoms. The zero-order chi connectivity index (χ0) is 22.1. The average molecular weight is 432 g/mol. The highest BCUT2D eigenvalue weighted by atomic mass is 32.1. The Kier molecular flexibility index (Phi) is 6.41. The maximum atomic E-state index is 13.0. The summed E-state index contributed by atoms with van der Waals surface area (Å²) in [5, 5.41) is 3.46. The van der Waals surface area contributed by atoms with E-state index < -0.39 is 5.97 Å². The van der Waals surface area contributed by atoms with E-state index in [1.807, 2.05) is 0 Å². The molecule has 162 valence electrons. The van der Waals surface area contributed by atoms with Gasteiger partial charge in [0.2, 0.25) is 0 Å². The van der Waals surface area contributed by atoms with Crippen LogP contribution < -0.4 is 14.8 Å². The largest absolute Gasteiger partial charge is 0.497 e. The van der Waals surface area contributed by atoms with Gasteiger partial charge in [0.15, 0.2) is 0 Å². The minimum Gasteiger partial charge on any atom is -0.497 e. The van der Waals surface area contributed by atoms with Crippen LogP contribution in [-0.4, -0.2) is 33.2 Å². The molecule has 7 heteroatoms. The van der Waals surface area contributed by atoms with Crippen molar-refractivity contribution in [1.29, 1.82) is 0 Å². The Morgan fingerprint density at radius 1 is 1.07 bits per heavy atom. The fourth-order valence-electron chi connectivity index (χ4n) is 3.84. The highest BCUT2D eigenvalue weighted by molar-refractivity contribution is 7.17. The van der Waals surface area contributed by atoms with Crippen LogP contribution in [0, 0.1) is 11.3 Å². The summed E-state index contributed by atoms with van der Waals surface area (Å²) in [7, 11) is 4.43. The maximum Gasteiger partial charge on any atom is 0.341 e. The molecule has 1 unspecified atom stereocenters. The molecule has 0 saturated carbocycles. The van der Waals surface area contributed by atoms with Crippen LogP contribution >= 0.6 is 11.3 Å². The summed E-state index contributed by atoms with van der Waals surface area (Å²) in [5.41, 5.74) is 2.06. The second-order valence-corrected chi connectivity index (χ2v) is 9.67. The van der Waals surface area contributed by atoms with Gasteiger partial charge in [-0.05, 0) is 48.3 Å². The highest BCUT2D eigenvalue weighted by Gasteiger charge is 2.34. The van der Waals surface area contributed by atoms with Crippen LogP contribution in [0.4, 0.5) is 5.00 Å². The predicted molar refractivity (Wildman–Crippen MR) is 118 cm³/mol. The number of thiophene rings is 1. The van der Waals surface area contributed by atoms with Gasteiger partial charge >= 0.3 is 5.97 Å². The van der Waals surface area contributed by atoms with E-state index in [9.17, 15) is 9.59 Å². The molecule has 1 amide bonds. The minimum atomic E-state index is -0.416. The SMILES string of the molecule is COC(=O)c1c(NC(=O)c2cc(OC)cc(OC)c2)sc2c1CCC(C(C)(C)C)C2. The molecule has 0 saturated heterocycles. The van der Waals surface area contributed by atoms with Gasteiger partial charge in [-0.2, -0.15) is 0 Å². The second kappa shape index (κ2) is 8.68. The molecule has 1 heterocycles. The van der Waals surface area contributed by atoms with Crippen LogP contribution in [-0.2, 0) is 17.6 Å². The third-order valence-electron chi connectivity index (χ3n) is 5.72. The van der Waals surface area contributed by atoms with Gasteiger partial charge < -0.3 is 19.5 Å². The van der Waals surface area contributed by atoms with Gasteiger partial charge in [-0.25, -0.2) is 4.79 Å². The van der Waals surface area contributed by atoms with Crippen molar-refractivity contribution in [2.45, 2.75) is 40.0 Å². The molecule has 1 aromatic heterocycles. The van der Waals surface area contributed by atoms with Crippen molar-refractivity contribution in [2.24, 2.45) is 11.3 Å². The third kappa shape index (κ3) is 4.46. The minimum absolute atomic E-state index is 0.188. The molecule has 1 aliphatic rings. The molecule has 0 aliphatic heterocycles. The van der Waals surface area contributed by atoms with E-state index in [1.165, 1.54) is 32.7 Å². The van der Waals surface area contributed by atoms with Crippen molar-refractivity contribution in [2.75, 3.05) is 26.6 Å².